The van der Waals surface area contributed by atoms with Gasteiger partial charge in [0.1, 0.15) is 12.4 Å². The second kappa shape index (κ2) is 5.65. The molecule has 1 fully saturated rings. The Morgan fingerprint density at radius 3 is 3.00 bits per heavy atom. The van der Waals surface area contributed by atoms with Crippen LogP contribution in [0.2, 0.25) is 0 Å². The van der Waals surface area contributed by atoms with E-state index in [0.29, 0.717) is 19.8 Å². The van der Waals surface area contributed by atoms with Crippen LogP contribution in [-0.2, 0) is 11.3 Å². The zero-order valence-electron chi connectivity index (χ0n) is 13.2. The van der Waals surface area contributed by atoms with Crippen molar-refractivity contribution in [2.75, 3.05) is 13.2 Å². The zero-order valence-corrected chi connectivity index (χ0v) is 14.1. The van der Waals surface area contributed by atoms with Gasteiger partial charge in [0, 0.05) is 22.5 Å². The molecule has 120 valence electrons. The van der Waals surface area contributed by atoms with Crippen molar-refractivity contribution in [3.8, 4) is 16.2 Å². The summed E-state index contributed by atoms with van der Waals surface area (Å²) in [6, 6.07) is 10.1. The van der Waals surface area contributed by atoms with Crippen molar-refractivity contribution in [2.45, 2.75) is 32.6 Å². The van der Waals surface area contributed by atoms with Gasteiger partial charge in [-0.05, 0) is 32.0 Å². The molecule has 1 aromatic carbocycles. The summed E-state index contributed by atoms with van der Waals surface area (Å²) in [7, 11) is 0. The van der Waals surface area contributed by atoms with Crippen LogP contribution in [-0.4, -0.2) is 36.1 Å². The normalized spacial score (nSPS) is 23.0. The van der Waals surface area contributed by atoms with Crippen molar-refractivity contribution >= 4 is 17.2 Å². The van der Waals surface area contributed by atoms with Crippen LogP contribution in [0.1, 0.15) is 29.1 Å². The quantitative estimate of drug-likeness (QED) is 0.803. The molecular formula is C18H19NO3S. The lowest BCUT2D eigenvalue weighted by atomic mass is 10.1. The highest BCUT2D eigenvalue weighted by Crippen LogP contribution is 2.42. The minimum Gasteiger partial charge on any atom is -0.488 e. The highest BCUT2D eigenvalue weighted by molar-refractivity contribution is 7.17. The van der Waals surface area contributed by atoms with Gasteiger partial charge < -0.3 is 14.4 Å². The van der Waals surface area contributed by atoms with E-state index in [-0.39, 0.29) is 18.1 Å². The van der Waals surface area contributed by atoms with E-state index in [1.165, 1.54) is 0 Å². The first-order chi connectivity index (χ1) is 11.1. The summed E-state index contributed by atoms with van der Waals surface area (Å²) in [6.45, 7) is 5.83. The number of para-hydroxylation sites is 1. The minimum absolute atomic E-state index is 0.0915. The molecule has 2 unspecified atom stereocenters. The number of carbonyl (C=O) groups excluding carboxylic acids is 1. The molecule has 0 saturated carbocycles. The van der Waals surface area contributed by atoms with E-state index in [9.17, 15) is 4.79 Å². The van der Waals surface area contributed by atoms with Crippen molar-refractivity contribution in [3.63, 3.8) is 0 Å². The van der Waals surface area contributed by atoms with Crippen molar-refractivity contribution in [3.05, 3.63) is 40.8 Å². The maximum Gasteiger partial charge on any atom is 0.264 e. The highest BCUT2D eigenvalue weighted by atomic mass is 32.1. The summed E-state index contributed by atoms with van der Waals surface area (Å²) < 4.78 is 11.4. The Bertz CT molecular complexity index is 754. The summed E-state index contributed by atoms with van der Waals surface area (Å²) in [5.41, 5.74) is 2.19. The second-order valence-electron chi connectivity index (χ2n) is 6.20. The average Bonchev–Trinajstić information content (AvgIpc) is 3.01. The third kappa shape index (κ3) is 2.54. The highest BCUT2D eigenvalue weighted by Gasteiger charge is 2.30. The van der Waals surface area contributed by atoms with Crippen LogP contribution >= 0.6 is 11.3 Å². The van der Waals surface area contributed by atoms with Gasteiger partial charge in [-0.25, -0.2) is 0 Å². The van der Waals surface area contributed by atoms with Crippen LogP contribution in [0.25, 0.3) is 10.4 Å². The fourth-order valence-electron chi connectivity index (χ4n) is 3.13. The van der Waals surface area contributed by atoms with Gasteiger partial charge in [-0.3, -0.25) is 4.79 Å². The summed E-state index contributed by atoms with van der Waals surface area (Å²) in [6.07, 6.45) is 0.0915. The molecule has 0 bridgehead atoms. The molecule has 3 heterocycles. The van der Waals surface area contributed by atoms with E-state index in [2.05, 4.69) is 6.07 Å². The van der Waals surface area contributed by atoms with Crippen molar-refractivity contribution in [1.29, 1.82) is 0 Å². The molecule has 0 radical (unpaired) electrons. The van der Waals surface area contributed by atoms with Gasteiger partial charge in [0.2, 0.25) is 0 Å². The minimum atomic E-state index is 0.0915. The van der Waals surface area contributed by atoms with Crippen LogP contribution in [0, 0.1) is 0 Å². The topological polar surface area (TPSA) is 38.8 Å². The number of hydrogen-bond acceptors (Lipinski definition) is 4. The number of benzene rings is 1. The van der Waals surface area contributed by atoms with Crippen LogP contribution in [0.4, 0.5) is 0 Å². The number of carbonyl (C=O) groups is 1. The van der Waals surface area contributed by atoms with Gasteiger partial charge in [-0.15, -0.1) is 11.3 Å². The van der Waals surface area contributed by atoms with Gasteiger partial charge in [0.25, 0.3) is 5.91 Å². The molecule has 1 saturated heterocycles. The molecule has 1 aromatic heterocycles. The lowest BCUT2D eigenvalue weighted by Crippen LogP contribution is -2.50. The average molecular weight is 329 g/mol. The lowest BCUT2D eigenvalue weighted by molar-refractivity contribution is -0.0385. The molecule has 23 heavy (non-hydrogen) atoms. The Labute approximate surface area is 139 Å². The Morgan fingerprint density at radius 1 is 1.30 bits per heavy atom. The molecule has 2 aromatic rings. The van der Waals surface area contributed by atoms with Crippen LogP contribution in [0.15, 0.2) is 30.3 Å². The third-order valence-electron chi connectivity index (χ3n) is 4.40. The second-order valence-corrected chi connectivity index (χ2v) is 7.25. The molecular weight excluding hydrogens is 310 g/mol. The van der Waals surface area contributed by atoms with Crippen molar-refractivity contribution in [2.24, 2.45) is 0 Å². The maximum absolute atomic E-state index is 12.9. The van der Waals surface area contributed by atoms with Gasteiger partial charge in [-0.1, -0.05) is 12.1 Å². The van der Waals surface area contributed by atoms with E-state index in [4.69, 9.17) is 9.47 Å². The van der Waals surface area contributed by atoms with Crippen LogP contribution in [0.5, 0.6) is 5.75 Å². The first-order valence-corrected chi connectivity index (χ1v) is 8.72. The number of thiophene rings is 1. The van der Waals surface area contributed by atoms with Crippen LogP contribution in [0.3, 0.4) is 0 Å². The Hall–Kier alpha value is -1.85. The molecule has 5 heteroatoms. The number of hydrogen-bond donors (Lipinski definition) is 0. The van der Waals surface area contributed by atoms with Gasteiger partial charge in [0.05, 0.1) is 23.6 Å². The third-order valence-corrected chi connectivity index (χ3v) is 5.60. The number of fused-ring (bicyclic) bond motifs is 3. The monoisotopic (exact) mass is 329 g/mol. The Kier molecular flexibility index (Phi) is 3.62. The molecule has 2 atom stereocenters. The maximum atomic E-state index is 12.9. The molecule has 2 aliphatic rings. The number of ether oxygens (including phenoxy) is 2. The SMILES string of the molecule is CC1CN(C(=O)c2cc3c(s2)-c2ccccc2OC3)C(C)CO1. The fraction of sp³-hybridized carbons (Fsp3) is 0.389. The Morgan fingerprint density at radius 2 is 2.13 bits per heavy atom. The number of nitrogens with zero attached hydrogens (tertiary/aromatic N) is 1. The number of rotatable bonds is 1. The summed E-state index contributed by atoms with van der Waals surface area (Å²) in [5.74, 6) is 0.999. The predicted molar refractivity (Wildman–Crippen MR) is 90.0 cm³/mol. The summed E-state index contributed by atoms with van der Waals surface area (Å²) in [4.78, 5) is 16.8. The van der Waals surface area contributed by atoms with Crippen LogP contribution < -0.4 is 4.74 Å². The molecule has 4 rings (SSSR count). The molecule has 0 aliphatic carbocycles. The van der Waals surface area contributed by atoms with E-state index >= 15 is 0 Å². The predicted octanol–water partition coefficient (Wildman–Crippen LogP) is 3.56. The fourth-order valence-corrected chi connectivity index (χ4v) is 4.29. The van der Waals surface area contributed by atoms with Gasteiger partial charge >= 0.3 is 0 Å². The van der Waals surface area contributed by atoms with E-state index in [0.717, 1.165) is 26.6 Å². The summed E-state index contributed by atoms with van der Waals surface area (Å²) >= 11 is 1.57. The first-order valence-electron chi connectivity index (χ1n) is 7.91. The molecule has 1 amide bonds. The number of amides is 1. The largest absolute Gasteiger partial charge is 0.488 e. The smallest absolute Gasteiger partial charge is 0.264 e. The zero-order chi connectivity index (χ0) is 16.0. The van der Waals surface area contributed by atoms with E-state index < -0.39 is 0 Å². The standard InChI is InChI=1S/C18H19NO3S/c1-11-9-21-12(2)8-19(11)18(20)16-7-13-10-22-15-6-4-3-5-14(15)17(13)23-16/h3-7,11-12H,8-10H2,1-2H3. The number of morpholine rings is 1. The molecule has 4 nitrogen and oxygen atoms in total. The van der Waals surface area contributed by atoms with E-state index in [1.54, 1.807) is 11.3 Å². The van der Waals surface area contributed by atoms with E-state index in [1.807, 2.05) is 43.0 Å². The Balaban J connectivity index is 1.67. The van der Waals surface area contributed by atoms with Gasteiger partial charge in [-0.2, -0.15) is 0 Å². The molecule has 0 spiro atoms. The molecule has 2 aliphatic heterocycles. The van der Waals surface area contributed by atoms with Crippen molar-refractivity contribution < 1.29 is 14.3 Å². The van der Waals surface area contributed by atoms with Crippen molar-refractivity contribution in [1.82, 2.24) is 4.90 Å². The lowest BCUT2D eigenvalue weighted by Gasteiger charge is -2.36. The molecule has 0 N–H and O–H groups in total. The van der Waals surface area contributed by atoms with Gasteiger partial charge in [0.15, 0.2) is 0 Å². The summed E-state index contributed by atoms with van der Waals surface area (Å²) in [5, 5.41) is 0. The first kappa shape index (κ1) is 14.7.